The minimum absolute atomic E-state index is 0.0325. The Hall–Kier alpha value is -1.22. The fourth-order valence-corrected chi connectivity index (χ4v) is 2.79. The lowest BCUT2D eigenvalue weighted by atomic mass is 9.94. The van der Waals surface area contributed by atoms with Crippen molar-refractivity contribution in [3.05, 3.63) is 34.3 Å². The molecule has 0 aliphatic rings. The smallest absolute Gasteiger partial charge is 0.408 e. The highest BCUT2D eigenvalue weighted by atomic mass is 35.5. The molecule has 2 aromatic rings. The fourth-order valence-electron chi connectivity index (χ4n) is 2.30. The third-order valence-corrected chi connectivity index (χ3v) is 4.21. The van der Waals surface area contributed by atoms with Crippen molar-refractivity contribution in [2.75, 3.05) is 0 Å². The summed E-state index contributed by atoms with van der Waals surface area (Å²) in [5.74, 6) is 0.107. The third-order valence-electron chi connectivity index (χ3n) is 3.60. The molecule has 0 saturated carbocycles. The van der Waals surface area contributed by atoms with Crippen LogP contribution < -0.4 is 5.76 Å². The Labute approximate surface area is 111 Å². The largest absolute Gasteiger partial charge is 0.419 e. The molecule has 0 aliphatic carbocycles. The van der Waals surface area contributed by atoms with Crippen LogP contribution in [-0.2, 0) is 7.05 Å². The van der Waals surface area contributed by atoms with Gasteiger partial charge in [0, 0.05) is 7.05 Å². The van der Waals surface area contributed by atoms with E-state index in [1.165, 1.54) is 4.57 Å². The van der Waals surface area contributed by atoms with Crippen LogP contribution in [0.15, 0.2) is 27.4 Å². The summed E-state index contributed by atoms with van der Waals surface area (Å²) in [6.07, 6.45) is 2.09. The summed E-state index contributed by atoms with van der Waals surface area (Å²) >= 11 is 6.49. The molecule has 1 aromatic carbocycles. The van der Waals surface area contributed by atoms with Crippen LogP contribution in [0.4, 0.5) is 0 Å². The van der Waals surface area contributed by atoms with Crippen LogP contribution in [0, 0.1) is 5.92 Å². The highest BCUT2D eigenvalue weighted by Crippen LogP contribution is 2.34. The first-order chi connectivity index (χ1) is 8.58. The zero-order valence-corrected chi connectivity index (χ0v) is 11.7. The molecule has 2 rings (SSSR count). The molecule has 0 N–H and O–H groups in total. The van der Waals surface area contributed by atoms with Crippen molar-refractivity contribution >= 4 is 22.7 Å². The Morgan fingerprint density at radius 2 is 2.00 bits per heavy atom. The van der Waals surface area contributed by atoms with Crippen LogP contribution in [0.1, 0.15) is 37.6 Å². The Balaban J connectivity index is 2.44. The second-order valence-electron chi connectivity index (χ2n) is 4.63. The Kier molecular flexibility index (Phi) is 3.81. The average molecular weight is 268 g/mol. The van der Waals surface area contributed by atoms with E-state index in [1.807, 2.05) is 18.2 Å². The molecule has 1 aromatic heterocycles. The van der Waals surface area contributed by atoms with Gasteiger partial charge in [0.25, 0.3) is 0 Å². The zero-order chi connectivity index (χ0) is 13.3. The van der Waals surface area contributed by atoms with Gasteiger partial charge in [0.15, 0.2) is 5.58 Å². The van der Waals surface area contributed by atoms with Gasteiger partial charge >= 0.3 is 5.76 Å². The Bertz CT molecular complexity index is 595. The van der Waals surface area contributed by atoms with Gasteiger partial charge in [-0.25, -0.2) is 4.79 Å². The van der Waals surface area contributed by atoms with E-state index in [0.29, 0.717) is 11.5 Å². The van der Waals surface area contributed by atoms with Crippen molar-refractivity contribution in [1.29, 1.82) is 0 Å². The number of oxazole rings is 1. The molecular weight excluding hydrogens is 250 g/mol. The van der Waals surface area contributed by atoms with Crippen molar-refractivity contribution in [2.45, 2.75) is 32.1 Å². The number of nitrogens with zero attached hydrogens (tertiary/aromatic N) is 1. The van der Waals surface area contributed by atoms with Crippen LogP contribution in [0.3, 0.4) is 0 Å². The summed E-state index contributed by atoms with van der Waals surface area (Å²) in [5.41, 5.74) is 2.43. The molecule has 3 nitrogen and oxygen atoms in total. The number of rotatable bonds is 4. The lowest BCUT2D eigenvalue weighted by molar-refractivity contribution is 0.475. The van der Waals surface area contributed by atoms with Crippen LogP contribution in [0.25, 0.3) is 11.1 Å². The molecule has 4 heteroatoms. The Morgan fingerprint density at radius 3 is 2.61 bits per heavy atom. The van der Waals surface area contributed by atoms with Crippen molar-refractivity contribution in [3.8, 4) is 0 Å². The van der Waals surface area contributed by atoms with Crippen LogP contribution in [0.2, 0.25) is 0 Å². The monoisotopic (exact) mass is 267 g/mol. The molecule has 0 amide bonds. The van der Waals surface area contributed by atoms with Gasteiger partial charge in [0.1, 0.15) is 0 Å². The quantitative estimate of drug-likeness (QED) is 0.789. The minimum atomic E-state index is -0.337. The van der Waals surface area contributed by atoms with Crippen molar-refractivity contribution in [1.82, 2.24) is 4.57 Å². The lowest BCUT2D eigenvalue weighted by Crippen LogP contribution is -2.08. The first-order valence-corrected chi connectivity index (χ1v) is 6.75. The number of hydrogen-bond donors (Lipinski definition) is 0. The predicted molar refractivity (Wildman–Crippen MR) is 74.1 cm³/mol. The summed E-state index contributed by atoms with van der Waals surface area (Å²) in [5, 5.41) is -0.0325. The second kappa shape index (κ2) is 5.19. The summed E-state index contributed by atoms with van der Waals surface area (Å²) in [6, 6.07) is 5.76. The van der Waals surface area contributed by atoms with Gasteiger partial charge < -0.3 is 4.42 Å². The summed E-state index contributed by atoms with van der Waals surface area (Å²) < 4.78 is 6.68. The van der Waals surface area contributed by atoms with Crippen molar-refractivity contribution in [3.63, 3.8) is 0 Å². The second-order valence-corrected chi connectivity index (χ2v) is 5.10. The molecule has 18 heavy (non-hydrogen) atoms. The van der Waals surface area contributed by atoms with Gasteiger partial charge in [-0.05, 0) is 23.6 Å². The van der Waals surface area contributed by atoms with Crippen LogP contribution in [0.5, 0.6) is 0 Å². The van der Waals surface area contributed by atoms with Gasteiger partial charge in [0.2, 0.25) is 0 Å². The minimum Gasteiger partial charge on any atom is -0.408 e. The number of aryl methyl sites for hydroxylation is 1. The number of benzene rings is 1. The van der Waals surface area contributed by atoms with Gasteiger partial charge in [-0.15, -0.1) is 11.6 Å². The number of fused-ring (bicyclic) bond motifs is 1. The number of halogens is 1. The summed E-state index contributed by atoms with van der Waals surface area (Å²) in [6.45, 7) is 4.29. The van der Waals surface area contributed by atoms with Crippen molar-refractivity contribution < 1.29 is 4.42 Å². The van der Waals surface area contributed by atoms with Crippen molar-refractivity contribution in [2.24, 2.45) is 13.0 Å². The summed E-state index contributed by atoms with van der Waals surface area (Å²) in [7, 11) is 1.70. The molecule has 0 spiro atoms. The molecule has 0 fully saturated rings. The van der Waals surface area contributed by atoms with E-state index >= 15 is 0 Å². The normalized spacial score (nSPS) is 13.4. The van der Waals surface area contributed by atoms with E-state index in [2.05, 4.69) is 13.8 Å². The van der Waals surface area contributed by atoms with E-state index in [9.17, 15) is 4.79 Å². The molecule has 0 saturated heterocycles. The van der Waals surface area contributed by atoms with E-state index in [1.54, 1.807) is 7.05 Å². The molecule has 98 valence electrons. The average Bonchev–Trinajstić information content (AvgIpc) is 2.66. The lowest BCUT2D eigenvalue weighted by Gasteiger charge is -2.19. The molecule has 1 unspecified atom stereocenters. The molecule has 0 radical (unpaired) electrons. The van der Waals surface area contributed by atoms with Gasteiger partial charge in [0.05, 0.1) is 10.9 Å². The standard InChI is InChI=1S/C14H18ClNO2/c1-4-9(5-2)13(15)10-6-7-11-12(8-10)18-14(17)16(11)3/h6-9,13H,4-5H2,1-3H3. The topological polar surface area (TPSA) is 35.1 Å². The maximum atomic E-state index is 11.4. The first-order valence-electron chi connectivity index (χ1n) is 6.32. The molecule has 0 bridgehead atoms. The third kappa shape index (κ3) is 2.19. The van der Waals surface area contributed by atoms with Crippen LogP contribution >= 0.6 is 11.6 Å². The van der Waals surface area contributed by atoms with E-state index < -0.39 is 0 Å². The van der Waals surface area contributed by atoms with E-state index in [-0.39, 0.29) is 11.1 Å². The SMILES string of the molecule is CCC(CC)C(Cl)c1ccc2c(c1)oc(=O)n2C. The molecular formula is C14H18ClNO2. The zero-order valence-electron chi connectivity index (χ0n) is 10.9. The number of hydrogen-bond acceptors (Lipinski definition) is 2. The highest BCUT2D eigenvalue weighted by molar-refractivity contribution is 6.21. The van der Waals surface area contributed by atoms with Crippen LogP contribution in [-0.4, -0.2) is 4.57 Å². The molecule has 1 atom stereocenters. The fraction of sp³-hybridized carbons (Fsp3) is 0.500. The van der Waals surface area contributed by atoms with E-state index in [4.69, 9.17) is 16.0 Å². The summed E-state index contributed by atoms with van der Waals surface area (Å²) in [4.78, 5) is 11.4. The van der Waals surface area contributed by atoms with Gasteiger partial charge in [-0.1, -0.05) is 32.8 Å². The molecule has 1 heterocycles. The number of alkyl halides is 1. The number of aromatic nitrogens is 1. The van der Waals surface area contributed by atoms with Gasteiger partial charge in [-0.3, -0.25) is 4.57 Å². The Morgan fingerprint density at radius 1 is 1.33 bits per heavy atom. The maximum absolute atomic E-state index is 11.4. The highest BCUT2D eigenvalue weighted by Gasteiger charge is 2.19. The molecule has 0 aliphatic heterocycles. The van der Waals surface area contributed by atoms with Gasteiger partial charge in [-0.2, -0.15) is 0 Å². The maximum Gasteiger partial charge on any atom is 0.419 e. The predicted octanol–water partition coefficient (Wildman–Crippen LogP) is 3.85. The van der Waals surface area contributed by atoms with E-state index in [0.717, 1.165) is 23.9 Å². The first kappa shape index (κ1) is 13.2.